The fourth-order valence-corrected chi connectivity index (χ4v) is 1.41. The van der Waals surface area contributed by atoms with Crippen molar-refractivity contribution in [3.8, 4) is 0 Å². The molecule has 0 aliphatic carbocycles. The maximum Gasteiger partial charge on any atom is -0.0166 e. The van der Waals surface area contributed by atoms with E-state index < -0.39 is 0 Å². The van der Waals surface area contributed by atoms with Gasteiger partial charge in [-0.05, 0) is 32.1 Å². The molecule has 15 heavy (non-hydrogen) atoms. The summed E-state index contributed by atoms with van der Waals surface area (Å²) in [5.74, 6) is 0. The molecule has 0 atom stereocenters. The van der Waals surface area contributed by atoms with Crippen LogP contribution in [0.4, 0.5) is 0 Å². The SMILES string of the molecule is [CH]=CCC=CCCC=CCCCCCC. The molecular formula is C15H25. The predicted octanol–water partition coefficient (Wildman–Crippen LogP) is 5.23. The Kier molecular flexibility index (Phi) is 12.5. The first-order chi connectivity index (χ1) is 7.41. The molecule has 0 fully saturated rings. The zero-order valence-corrected chi connectivity index (χ0v) is 10.1. The molecule has 1 radical (unpaired) electrons. The van der Waals surface area contributed by atoms with Crippen molar-refractivity contribution < 1.29 is 0 Å². The molecular weight excluding hydrogens is 180 g/mol. The lowest BCUT2D eigenvalue weighted by Crippen LogP contribution is -1.73. The number of allylic oxidation sites excluding steroid dienone is 5. The molecule has 0 bridgehead atoms. The molecule has 85 valence electrons. The van der Waals surface area contributed by atoms with Gasteiger partial charge in [0.25, 0.3) is 0 Å². The van der Waals surface area contributed by atoms with E-state index in [2.05, 4.69) is 31.2 Å². The van der Waals surface area contributed by atoms with Crippen LogP contribution in [-0.4, -0.2) is 0 Å². The van der Waals surface area contributed by atoms with Gasteiger partial charge in [-0.1, -0.05) is 63.1 Å². The minimum Gasteiger partial charge on any atom is -0.0885 e. The largest absolute Gasteiger partial charge is 0.0885 e. The van der Waals surface area contributed by atoms with Crippen LogP contribution in [-0.2, 0) is 0 Å². The Bertz CT molecular complexity index is 174. The first-order valence-corrected chi connectivity index (χ1v) is 6.25. The summed E-state index contributed by atoms with van der Waals surface area (Å²) in [6, 6.07) is 0. The molecule has 0 heterocycles. The molecule has 0 unspecified atom stereocenters. The van der Waals surface area contributed by atoms with Crippen LogP contribution in [0, 0.1) is 6.58 Å². The van der Waals surface area contributed by atoms with Gasteiger partial charge in [-0.2, -0.15) is 0 Å². The van der Waals surface area contributed by atoms with Gasteiger partial charge in [0.15, 0.2) is 0 Å². The van der Waals surface area contributed by atoms with Crippen molar-refractivity contribution >= 4 is 0 Å². The third-order valence-electron chi connectivity index (χ3n) is 2.33. The van der Waals surface area contributed by atoms with Crippen molar-refractivity contribution in [2.75, 3.05) is 0 Å². The van der Waals surface area contributed by atoms with E-state index >= 15 is 0 Å². The summed E-state index contributed by atoms with van der Waals surface area (Å²) in [6.07, 6.45) is 20.5. The Balaban J connectivity index is 3.13. The third kappa shape index (κ3) is 13.2. The van der Waals surface area contributed by atoms with Gasteiger partial charge in [0.05, 0.1) is 0 Å². The molecule has 0 aromatic rings. The normalized spacial score (nSPS) is 11.5. The zero-order chi connectivity index (χ0) is 11.2. The second-order valence-electron chi connectivity index (χ2n) is 3.84. The number of hydrogen-bond donors (Lipinski definition) is 0. The summed E-state index contributed by atoms with van der Waals surface area (Å²) in [6.45, 7) is 7.51. The maximum atomic E-state index is 5.26. The van der Waals surface area contributed by atoms with Crippen LogP contribution in [0.15, 0.2) is 30.4 Å². The van der Waals surface area contributed by atoms with Crippen molar-refractivity contribution in [3.63, 3.8) is 0 Å². The summed E-state index contributed by atoms with van der Waals surface area (Å²) >= 11 is 0. The highest BCUT2D eigenvalue weighted by Crippen LogP contribution is 2.04. The molecule has 0 saturated heterocycles. The lowest BCUT2D eigenvalue weighted by molar-refractivity contribution is 0.674. The van der Waals surface area contributed by atoms with Crippen molar-refractivity contribution in [2.24, 2.45) is 0 Å². The molecule has 0 N–H and O–H groups in total. The van der Waals surface area contributed by atoms with E-state index in [1.165, 1.54) is 32.1 Å². The summed E-state index contributed by atoms with van der Waals surface area (Å²) in [4.78, 5) is 0. The molecule has 0 aromatic heterocycles. The van der Waals surface area contributed by atoms with E-state index in [0.717, 1.165) is 19.3 Å². The Labute approximate surface area is 95.8 Å². The lowest BCUT2D eigenvalue weighted by atomic mass is 10.1. The molecule has 0 amide bonds. The minimum absolute atomic E-state index is 0.890. The Hall–Kier alpha value is -0.780. The standard InChI is InChI=1S/C15H25/c1-3-5-7-9-11-13-15-14-12-10-8-6-4-2/h1,3,7,9,14-15H,4-6,8,10-13H2,2H3. The van der Waals surface area contributed by atoms with E-state index in [9.17, 15) is 0 Å². The summed E-state index contributed by atoms with van der Waals surface area (Å²) in [5, 5.41) is 0. The molecule has 0 rings (SSSR count). The van der Waals surface area contributed by atoms with Crippen molar-refractivity contribution in [1.82, 2.24) is 0 Å². The number of rotatable bonds is 10. The Morgan fingerprint density at radius 2 is 1.47 bits per heavy atom. The van der Waals surface area contributed by atoms with Gasteiger partial charge in [-0.25, -0.2) is 0 Å². The van der Waals surface area contributed by atoms with Crippen LogP contribution < -0.4 is 0 Å². The topological polar surface area (TPSA) is 0 Å². The first kappa shape index (κ1) is 14.2. The van der Waals surface area contributed by atoms with Gasteiger partial charge in [0.1, 0.15) is 0 Å². The van der Waals surface area contributed by atoms with E-state index in [1.54, 1.807) is 6.08 Å². The average Bonchev–Trinajstić information content (AvgIpc) is 2.26. The lowest BCUT2D eigenvalue weighted by Gasteiger charge is -1.93. The predicted molar refractivity (Wildman–Crippen MR) is 69.8 cm³/mol. The van der Waals surface area contributed by atoms with Gasteiger partial charge in [0.2, 0.25) is 0 Å². The van der Waals surface area contributed by atoms with Gasteiger partial charge >= 0.3 is 0 Å². The molecule has 0 aliphatic rings. The highest BCUT2D eigenvalue weighted by atomic mass is 13.9. The maximum absolute atomic E-state index is 5.26. The smallest absolute Gasteiger partial charge is 0.0166 e. The Morgan fingerprint density at radius 3 is 2.13 bits per heavy atom. The van der Waals surface area contributed by atoms with Gasteiger partial charge in [-0.15, -0.1) is 0 Å². The van der Waals surface area contributed by atoms with Crippen LogP contribution in [0.1, 0.15) is 58.3 Å². The fourth-order valence-electron chi connectivity index (χ4n) is 1.41. The van der Waals surface area contributed by atoms with Crippen molar-refractivity contribution in [1.29, 1.82) is 0 Å². The van der Waals surface area contributed by atoms with Crippen molar-refractivity contribution in [2.45, 2.75) is 58.3 Å². The number of unbranched alkanes of at least 4 members (excludes halogenated alkanes) is 5. The van der Waals surface area contributed by atoms with Crippen LogP contribution in [0.5, 0.6) is 0 Å². The second kappa shape index (κ2) is 13.2. The van der Waals surface area contributed by atoms with Gasteiger partial charge in [0, 0.05) is 0 Å². The van der Waals surface area contributed by atoms with Crippen LogP contribution >= 0.6 is 0 Å². The molecule has 0 saturated carbocycles. The second-order valence-corrected chi connectivity index (χ2v) is 3.84. The van der Waals surface area contributed by atoms with Crippen LogP contribution in [0.25, 0.3) is 0 Å². The van der Waals surface area contributed by atoms with Gasteiger partial charge in [-0.3, -0.25) is 0 Å². The minimum atomic E-state index is 0.890. The summed E-state index contributed by atoms with van der Waals surface area (Å²) in [7, 11) is 0. The molecule has 0 heteroatoms. The molecule has 0 nitrogen and oxygen atoms in total. The third-order valence-corrected chi connectivity index (χ3v) is 2.33. The van der Waals surface area contributed by atoms with Gasteiger partial charge < -0.3 is 0 Å². The molecule has 0 spiro atoms. The molecule has 0 aromatic carbocycles. The fraction of sp³-hybridized carbons (Fsp3) is 0.600. The van der Waals surface area contributed by atoms with E-state index in [0.29, 0.717) is 0 Å². The van der Waals surface area contributed by atoms with Crippen LogP contribution in [0.3, 0.4) is 0 Å². The van der Waals surface area contributed by atoms with E-state index in [4.69, 9.17) is 6.58 Å². The van der Waals surface area contributed by atoms with Crippen LogP contribution in [0.2, 0.25) is 0 Å². The first-order valence-electron chi connectivity index (χ1n) is 6.25. The van der Waals surface area contributed by atoms with E-state index in [-0.39, 0.29) is 0 Å². The molecule has 0 aliphatic heterocycles. The highest BCUT2D eigenvalue weighted by molar-refractivity contribution is 4.90. The summed E-state index contributed by atoms with van der Waals surface area (Å²) in [5.41, 5.74) is 0. The average molecular weight is 205 g/mol. The quantitative estimate of drug-likeness (QED) is 0.338. The summed E-state index contributed by atoms with van der Waals surface area (Å²) < 4.78 is 0. The van der Waals surface area contributed by atoms with E-state index in [1.807, 2.05) is 0 Å². The monoisotopic (exact) mass is 205 g/mol. The number of hydrogen-bond acceptors (Lipinski definition) is 0. The van der Waals surface area contributed by atoms with Crippen molar-refractivity contribution in [3.05, 3.63) is 37.0 Å². The zero-order valence-electron chi connectivity index (χ0n) is 10.1. The highest BCUT2D eigenvalue weighted by Gasteiger charge is 1.84. The Morgan fingerprint density at radius 1 is 0.800 bits per heavy atom.